The molecule has 1 aromatic rings. The topological polar surface area (TPSA) is 0 Å². The van der Waals surface area contributed by atoms with Crippen molar-refractivity contribution in [1.82, 2.24) is 0 Å². The Morgan fingerprint density at radius 1 is 1.00 bits per heavy atom. The van der Waals surface area contributed by atoms with Crippen molar-refractivity contribution in [2.24, 2.45) is 11.8 Å². The van der Waals surface area contributed by atoms with Crippen molar-refractivity contribution in [3.8, 4) is 0 Å². The van der Waals surface area contributed by atoms with Gasteiger partial charge in [-0.05, 0) is 30.2 Å². The van der Waals surface area contributed by atoms with Gasteiger partial charge in [-0.2, -0.15) is 0 Å². The molecule has 2 atom stereocenters. The van der Waals surface area contributed by atoms with E-state index in [0.29, 0.717) is 0 Å². The fourth-order valence-corrected chi connectivity index (χ4v) is 2.58. The maximum absolute atomic E-state index is 2.40. The fraction of sp³-hybridized carbons (Fsp3) is 0.467. The van der Waals surface area contributed by atoms with Crippen LogP contribution in [-0.2, 0) is 0 Å². The van der Waals surface area contributed by atoms with Gasteiger partial charge in [-0.25, -0.2) is 0 Å². The Balaban J connectivity index is 2.24. The smallest absolute Gasteiger partial charge is 0.0226 e. The van der Waals surface area contributed by atoms with Gasteiger partial charge in [0, 0.05) is 0 Å². The number of hydrogen-bond donors (Lipinski definition) is 0. The van der Waals surface area contributed by atoms with Crippen molar-refractivity contribution in [3.05, 3.63) is 41.5 Å². The Hall–Kier alpha value is -1.04. The fourth-order valence-electron chi connectivity index (χ4n) is 2.58. The van der Waals surface area contributed by atoms with Gasteiger partial charge in [-0.3, -0.25) is 0 Å². The third kappa shape index (κ3) is 2.50. The van der Waals surface area contributed by atoms with Crippen molar-refractivity contribution in [2.75, 3.05) is 0 Å². The summed E-state index contributed by atoms with van der Waals surface area (Å²) in [6, 6.07) is 10.7. The molecule has 0 saturated heterocycles. The molecule has 1 aliphatic carbocycles. The highest BCUT2D eigenvalue weighted by atomic mass is 14.3. The highest BCUT2D eigenvalue weighted by Crippen LogP contribution is 2.34. The lowest BCUT2D eigenvalue weighted by Gasteiger charge is -2.28. The van der Waals surface area contributed by atoms with Gasteiger partial charge in [0.05, 0.1) is 0 Å². The summed E-state index contributed by atoms with van der Waals surface area (Å²) in [7, 11) is 0. The number of hydrogen-bond acceptors (Lipinski definition) is 0. The van der Waals surface area contributed by atoms with Crippen molar-refractivity contribution >= 4 is 6.08 Å². The molecule has 0 spiro atoms. The van der Waals surface area contributed by atoms with Gasteiger partial charge < -0.3 is 0 Å². The van der Waals surface area contributed by atoms with E-state index in [-0.39, 0.29) is 0 Å². The van der Waals surface area contributed by atoms with E-state index in [0.717, 1.165) is 11.8 Å². The van der Waals surface area contributed by atoms with Crippen molar-refractivity contribution in [1.29, 1.82) is 0 Å². The summed E-state index contributed by atoms with van der Waals surface area (Å²) < 4.78 is 0. The maximum atomic E-state index is 2.40. The molecule has 0 heteroatoms. The average Bonchev–Trinajstić information content (AvgIpc) is 2.25. The van der Waals surface area contributed by atoms with Crippen LogP contribution in [0.2, 0.25) is 0 Å². The van der Waals surface area contributed by atoms with E-state index in [9.17, 15) is 0 Å². The molecule has 80 valence electrons. The van der Waals surface area contributed by atoms with Gasteiger partial charge in [0.25, 0.3) is 0 Å². The van der Waals surface area contributed by atoms with Gasteiger partial charge >= 0.3 is 0 Å². The van der Waals surface area contributed by atoms with Gasteiger partial charge in [0.1, 0.15) is 0 Å². The zero-order valence-corrected chi connectivity index (χ0v) is 9.74. The molecule has 2 rings (SSSR count). The van der Waals surface area contributed by atoms with Crippen LogP contribution in [0.3, 0.4) is 0 Å². The SMILES string of the molecule is C[C@H]1CCC[C@H](C)C1=Cc1ccccc1. The second-order valence-corrected chi connectivity index (χ2v) is 4.79. The van der Waals surface area contributed by atoms with Crippen molar-refractivity contribution in [3.63, 3.8) is 0 Å². The molecule has 1 saturated carbocycles. The Kier molecular flexibility index (Phi) is 3.25. The summed E-state index contributed by atoms with van der Waals surface area (Å²) >= 11 is 0. The maximum Gasteiger partial charge on any atom is -0.0226 e. The second kappa shape index (κ2) is 4.65. The molecule has 0 bridgehead atoms. The molecule has 1 fully saturated rings. The van der Waals surface area contributed by atoms with Crippen molar-refractivity contribution < 1.29 is 0 Å². The first-order valence-electron chi connectivity index (χ1n) is 6.04. The summed E-state index contributed by atoms with van der Waals surface area (Å²) in [4.78, 5) is 0. The van der Waals surface area contributed by atoms with E-state index in [2.05, 4.69) is 50.3 Å². The van der Waals surface area contributed by atoms with Crippen LogP contribution in [-0.4, -0.2) is 0 Å². The Morgan fingerprint density at radius 2 is 1.60 bits per heavy atom. The third-order valence-corrected chi connectivity index (χ3v) is 3.55. The molecule has 0 radical (unpaired) electrons. The van der Waals surface area contributed by atoms with Crippen LogP contribution in [0.1, 0.15) is 38.7 Å². The molecule has 0 heterocycles. The molecule has 1 aromatic carbocycles. The Bertz CT molecular complexity index is 322. The molecule has 1 aliphatic rings. The predicted octanol–water partition coefficient (Wildman–Crippen LogP) is 4.53. The number of benzene rings is 1. The normalized spacial score (nSPS) is 26.4. The molecule has 0 N–H and O–H groups in total. The van der Waals surface area contributed by atoms with Gasteiger partial charge in [0.15, 0.2) is 0 Å². The molecule has 15 heavy (non-hydrogen) atoms. The number of rotatable bonds is 1. The van der Waals surface area contributed by atoms with E-state index in [1.165, 1.54) is 24.8 Å². The predicted molar refractivity (Wildman–Crippen MR) is 66.6 cm³/mol. The zero-order chi connectivity index (χ0) is 10.7. The first-order valence-corrected chi connectivity index (χ1v) is 6.04. The molecule has 0 amide bonds. The Labute approximate surface area is 93.0 Å². The lowest BCUT2D eigenvalue weighted by Crippen LogP contribution is -2.14. The standard InChI is InChI=1S/C15H20/c1-12-7-6-8-13(2)15(12)11-14-9-4-3-5-10-14/h3-5,9-13H,6-8H2,1-2H3/t12-,13-/m0/s1. The molecule has 0 aliphatic heterocycles. The van der Waals surface area contributed by atoms with E-state index >= 15 is 0 Å². The van der Waals surface area contributed by atoms with Crippen LogP contribution < -0.4 is 0 Å². The minimum absolute atomic E-state index is 0.772. The Morgan fingerprint density at radius 3 is 2.20 bits per heavy atom. The van der Waals surface area contributed by atoms with Crippen molar-refractivity contribution in [2.45, 2.75) is 33.1 Å². The highest BCUT2D eigenvalue weighted by Gasteiger charge is 2.20. The zero-order valence-electron chi connectivity index (χ0n) is 9.74. The van der Waals surface area contributed by atoms with Gasteiger partial charge in [-0.1, -0.05) is 62.2 Å². The monoisotopic (exact) mass is 200 g/mol. The second-order valence-electron chi connectivity index (χ2n) is 4.79. The highest BCUT2D eigenvalue weighted by molar-refractivity contribution is 5.53. The molecule has 0 aromatic heterocycles. The third-order valence-electron chi connectivity index (χ3n) is 3.55. The lowest BCUT2D eigenvalue weighted by atomic mass is 9.78. The van der Waals surface area contributed by atoms with Crippen LogP contribution >= 0.6 is 0 Å². The van der Waals surface area contributed by atoms with Gasteiger partial charge in [0.2, 0.25) is 0 Å². The van der Waals surface area contributed by atoms with E-state index < -0.39 is 0 Å². The van der Waals surface area contributed by atoms with E-state index in [1.807, 2.05) is 0 Å². The van der Waals surface area contributed by atoms with Gasteiger partial charge in [-0.15, -0.1) is 0 Å². The molecular weight excluding hydrogens is 180 g/mol. The molecule has 0 nitrogen and oxygen atoms in total. The summed E-state index contributed by atoms with van der Waals surface area (Å²) in [6.07, 6.45) is 6.52. The summed E-state index contributed by atoms with van der Waals surface area (Å²) in [5.41, 5.74) is 3.00. The van der Waals surface area contributed by atoms with Crippen LogP contribution in [0, 0.1) is 11.8 Å². The van der Waals surface area contributed by atoms with E-state index in [1.54, 1.807) is 5.57 Å². The minimum Gasteiger partial charge on any atom is -0.0640 e. The van der Waals surface area contributed by atoms with Crippen LogP contribution in [0.4, 0.5) is 0 Å². The number of allylic oxidation sites excluding steroid dienone is 1. The summed E-state index contributed by atoms with van der Waals surface area (Å²) in [6.45, 7) is 4.73. The quantitative estimate of drug-likeness (QED) is 0.625. The van der Waals surface area contributed by atoms with E-state index in [4.69, 9.17) is 0 Å². The van der Waals surface area contributed by atoms with Crippen LogP contribution in [0.25, 0.3) is 6.08 Å². The first-order chi connectivity index (χ1) is 7.27. The minimum atomic E-state index is 0.772. The summed E-state index contributed by atoms with van der Waals surface area (Å²) in [5.74, 6) is 1.54. The summed E-state index contributed by atoms with van der Waals surface area (Å²) in [5, 5.41) is 0. The molecule has 0 unspecified atom stereocenters. The largest absolute Gasteiger partial charge is 0.0640 e. The first kappa shape index (κ1) is 10.5. The van der Waals surface area contributed by atoms with Crippen LogP contribution in [0.5, 0.6) is 0 Å². The van der Waals surface area contributed by atoms with Crippen LogP contribution in [0.15, 0.2) is 35.9 Å². The molecular formula is C15H20. The average molecular weight is 200 g/mol. The lowest BCUT2D eigenvalue weighted by molar-refractivity contribution is 0.408.